The lowest BCUT2D eigenvalue weighted by Gasteiger charge is -2.35. The van der Waals surface area contributed by atoms with Crippen molar-refractivity contribution in [2.75, 3.05) is 29.9 Å². The van der Waals surface area contributed by atoms with Crippen LogP contribution in [0.5, 0.6) is 0 Å². The minimum absolute atomic E-state index is 0.0395. The first-order valence-corrected chi connectivity index (χ1v) is 12.5. The molecule has 1 saturated heterocycles. The standard InChI is InChI=1S/C25H37N7O/c1-16-13-20(33)30-22-21(16)24(27-15-26-22)31-10-7-18(8-11-31)23-29-19(17-5-6-17)14-32(23)12-9-28-25(2,3)4/h14-18,28H,5-13H2,1-4H3,(H,26,27,30,33)/t16-/m1/s1. The molecule has 3 aliphatic rings. The van der Waals surface area contributed by atoms with E-state index in [4.69, 9.17) is 4.98 Å². The van der Waals surface area contributed by atoms with Crippen molar-refractivity contribution in [3.8, 4) is 0 Å². The van der Waals surface area contributed by atoms with Crippen molar-refractivity contribution >= 4 is 17.5 Å². The third-order valence-electron chi connectivity index (χ3n) is 7.09. The van der Waals surface area contributed by atoms with E-state index >= 15 is 0 Å². The second-order valence-corrected chi connectivity index (χ2v) is 11.0. The number of fused-ring (bicyclic) bond motifs is 1. The van der Waals surface area contributed by atoms with E-state index in [2.05, 4.69) is 64.0 Å². The molecule has 0 spiro atoms. The van der Waals surface area contributed by atoms with Crippen LogP contribution in [0.1, 0.15) is 94.6 Å². The number of nitrogens with zero attached hydrogens (tertiary/aromatic N) is 5. The van der Waals surface area contributed by atoms with Crippen molar-refractivity contribution in [3.05, 3.63) is 29.6 Å². The monoisotopic (exact) mass is 451 g/mol. The Hall–Kier alpha value is -2.48. The Morgan fingerprint density at radius 2 is 1.88 bits per heavy atom. The van der Waals surface area contributed by atoms with Crippen molar-refractivity contribution in [1.82, 2.24) is 24.8 Å². The molecule has 5 rings (SSSR count). The summed E-state index contributed by atoms with van der Waals surface area (Å²) in [6, 6.07) is 0. The molecule has 0 radical (unpaired) electrons. The summed E-state index contributed by atoms with van der Waals surface area (Å²) in [5.74, 6) is 4.25. The van der Waals surface area contributed by atoms with Crippen LogP contribution in [-0.2, 0) is 11.3 Å². The summed E-state index contributed by atoms with van der Waals surface area (Å²) in [5.41, 5.74) is 2.50. The van der Waals surface area contributed by atoms with E-state index in [9.17, 15) is 4.79 Å². The normalized spacial score (nSPS) is 21.8. The molecule has 8 heteroatoms. The van der Waals surface area contributed by atoms with E-state index in [0.717, 1.165) is 50.4 Å². The molecule has 4 heterocycles. The average Bonchev–Trinajstić information content (AvgIpc) is 3.53. The van der Waals surface area contributed by atoms with Crippen LogP contribution in [0.3, 0.4) is 0 Å². The van der Waals surface area contributed by atoms with Gasteiger partial charge in [0.25, 0.3) is 0 Å². The number of aromatic nitrogens is 4. The molecule has 1 aliphatic carbocycles. The van der Waals surface area contributed by atoms with Gasteiger partial charge in [0.05, 0.1) is 5.69 Å². The smallest absolute Gasteiger partial charge is 0.226 e. The van der Waals surface area contributed by atoms with Crippen LogP contribution in [0.25, 0.3) is 0 Å². The number of amides is 1. The zero-order chi connectivity index (χ0) is 23.2. The Bertz CT molecular complexity index is 1010. The summed E-state index contributed by atoms with van der Waals surface area (Å²) in [5, 5.41) is 6.54. The molecule has 0 aromatic carbocycles. The van der Waals surface area contributed by atoms with Crippen molar-refractivity contribution in [2.24, 2.45) is 0 Å². The zero-order valence-corrected chi connectivity index (χ0v) is 20.4. The van der Waals surface area contributed by atoms with E-state index in [1.54, 1.807) is 6.33 Å². The highest BCUT2D eigenvalue weighted by molar-refractivity contribution is 5.94. The summed E-state index contributed by atoms with van der Waals surface area (Å²) < 4.78 is 2.41. The van der Waals surface area contributed by atoms with E-state index in [1.807, 2.05) is 0 Å². The Balaban J connectivity index is 1.30. The Morgan fingerprint density at radius 3 is 2.58 bits per heavy atom. The van der Waals surface area contributed by atoms with Gasteiger partial charge in [0.2, 0.25) is 5.91 Å². The lowest BCUT2D eigenvalue weighted by molar-refractivity contribution is -0.116. The fraction of sp³-hybridized carbons (Fsp3) is 0.680. The van der Waals surface area contributed by atoms with E-state index in [0.29, 0.717) is 24.1 Å². The second kappa shape index (κ2) is 8.70. The predicted octanol–water partition coefficient (Wildman–Crippen LogP) is 3.77. The summed E-state index contributed by atoms with van der Waals surface area (Å²) in [7, 11) is 0. The molecule has 2 aromatic heterocycles. The van der Waals surface area contributed by atoms with Crippen LogP contribution in [0.15, 0.2) is 12.5 Å². The molecule has 33 heavy (non-hydrogen) atoms. The van der Waals surface area contributed by atoms with Gasteiger partial charge in [-0.1, -0.05) is 6.92 Å². The Morgan fingerprint density at radius 1 is 1.12 bits per heavy atom. The summed E-state index contributed by atoms with van der Waals surface area (Å²) in [6.45, 7) is 12.5. The minimum Gasteiger partial charge on any atom is -0.356 e. The first-order chi connectivity index (χ1) is 15.8. The minimum atomic E-state index is 0.0395. The highest BCUT2D eigenvalue weighted by Gasteiger charge is 2.33. The summed E-state index contributed by atoms with van der Waals surface area (Å²) in [4.78, 5) is 28.4. The number of carbonyl (C=O) groups is 1. The molecule has 0 unspecified atom stereocenters. The number of rotatable bonds is 6. The van der Waals surface area contributed by atoms with Crippen molar-refractivity contribution < 1.29 is 4.79 Å². The van der Waals surface area contributed by atoms with Gasteiger partial charge in [-0.25, -0.2) is 15.0 Å². The molecule has 1 saturated carbocycles. The topological polar surface area (TPSA) is 88.0 Å². The van der Waals surface area contributed by atoms with Gasteiger partial charge >= 0.3 is 0 Å². The van der Waals surface area contributed by atoms with Crippen LogP contribution in [0, 0.1) is 0 Å². The SMILES string of the molecule is C[C@@H]1CC(=O)Nc2ncnc(N3CCC(c4nc(C5CC5)cn4CCNC(C)(C)C)CC3)c21. The second-order valence-electron chi connectivity index (χ2n) is 11.0. The van der Waals surface area contributed by atoms with Crippen LogP contribution >= 0.6 is 0 Å². The van der Waals surface area contributed by atoms with Gasteiger partial charge in [0.15, 0.2) is 0 Å². The summed E-state index contributed by atoms with van der Waals surface area (Å²) in [6.07, 6.45) is 9.07. The third-order valence-corrected chi connectivity index (χ3v) is 7.09. The van der Waals surface area contributed by atoms with Crippen LogP contribution in [-0.4, -0.2) is 50.6 Å². The molecule has 178 valence electrons. The van der Waals surface area contributed by atoms with Crippen molar-refractivity contribution in [3.63, 3.8) is 0 Å². The fourth-order valence-corrected chi connectivity index (χ4v) is 5.19. The number of carbonyl (C=O) groups excluding carboxylic acids is 1. The maximum absolute atomic E-state index is 11.9. The predicted molar refractivity (Wildman–Crippen MR) is 130 cm³/mol. The number of nitrogens with one attached hydrogen (secondary N) is 2. The number of piperidine rings is 1. The quantitative estimate of drug-likeness (QED) is 0.695. The fourth-order valence-electron chi connectivity index (χ4n) is 5.19. The van der Waals surface area contributed by atoms with Crippen LogP contribution < -0.4 is 15.5 Å². The highest BCUT2D eigenvalue weighted by atomic mass is 16.1. The number of imidazole rings is 1. The van der Waals surface area contributed by atoms with Gasteiger partial charge in [-0.15, -0.1) is 0 Å². The van der Waals surface area contributed by atoms with Crippen molar-refractivity contribution in [2.45, 2.75) is 89.6 Å². The Kier molecular flexibility index (Phi) is 5.89. The van der Waals surface area contributed by atoms with Gasteiger partial charge in [0, 0.05) is 61.7 Å². The molecule has 1 amide bonds. The maximum Gasteiger partial charge on any atom is 0.226 e. The van der Waals surface area contributed by atoms with E-state index in [1.165, 1.54) is 24.4 Å². The maximum atomic E-state index is 11.9. The molecule has 8 nitrogen and oxygen atoms in total. The highest BCUT2D eigenvalue weighted by Crippen LogP contribution is 2.41. The van der Waals surface area contributed by atoms with Gasteiger partial charge in [-0.05, 0) is 52.4 Å². The molecule has 2 aliphatic heterocycles. The third kappa shape index (κ3) is 4.90. The molecule has 2 fully saturated rings. The first kappa shape index (κ1) is 22.3. The molecule has 0 bridgehead atoms. The molecular weight excluding hydrogens is 414 g/mol. The van der Waals surface area contributed by atoms with E-state index < -0.39 is 0 Å². The lowest BCUT2D eigenvalue weighted by Crippen LogP contribution is -2.38. The van der Waals surface area contributed by atoms with Crippen LogP contribution in [0.2, 0.25) is 0 Å². The number of anilines is 2. The molecule has 1 atom stereocenters. The molecule has 2 aromatic rings. The van der Waals surface area contributed by atoms with Crippen LogP contribution in [0.4, 0.5) is 11.6 Å². The number of hydrogen-bond acceptors (Lipinski definition) is 6. The average molecular weight is 452 g/mol. The molecule has 2 N–H and O–H groups in total. The van der Waals surface area contributed by atoms with Gasteiger partial charge < -0.3 is 20.1 Å². The molecular formula is C25H37N7O. The first-order valence-electron chi connectivity index (χ1n) is 12.5. The lowest BCUT2D eigenvalue weighted by atomic mass is 9.92. The van der Waals surface area contributed by atoms with Gasteiger partial charge in [-0.3, -0.25) is 4.79 Å². The van der Waals surface area contributed by atoms with E-state index in [-0.39, 0.29) is 17.4 Å². The Labute approximate surface area is 196 Å². The summed E-state index contributed by atoms with van der Waals surface area (Å²) >= 11 is 0. The van der Waals surface area contributed by atoms with Crippen molar-refractivity contribution in [1.29, 1.82) is 0 Å². The number of hydrogen-bond donors (Lipinski definition) is 2. The zero-order valence-electron chi connectivity index (χ0n) is 20.4. The van der Waals surface area contributed by atoms with Gasteiger partial charge in [0.1, 0.15) is 23.8 Å². The van der Waals surface area contributed by atoms with Gasteiger partial charge in [-0.2, -0.15) is 0 Å². The largest absolute Gasteiger partial charge is 0.356 e.